The Hall–Kier alpha value is -2.23. The van der Waals surface area contributed by atoms with Crippen LogP contribution in [0.1, 0.15) is 0 Å². The second-order valence-electron chi connectivity index (χ2n) is 3.42. The highest BCUT2D eigenvalue weighted by Gasteiger charge is 2.28. The Morgan fingerprint density at radius 3 is 1.29 bits per heavy atom. The lowest BCUT2D eigenvalue weighted by Crippen LogP contribution is -1.96. The molecule has 0 amide bonds. The molecule has 0 aliphatic heterocycles. The SMILES string of the molecule is N#CS(C#N)(c1ccccc1)c1ccccc1. The molecule has 2 aromatic carbocycles. The predicted molar refractivity (Wildman–Crippen MR) is 68.2 cm³/mol. The molecule has 0 atom stereocenters. The fourth-order valence-electron chi connectivity index (χ4n) is 1.62. The molecule has 0 aromatic heterocycles. The topological polar surface area (TPSA) is 47.6 Å². The van der Waals surface area contributed by atoms with Gasteiger partial charge in [-0.05, 0) is 34.3 Å². The predicted octanol–water partition coefficient (Wildman–Crippen LogP) is 3.87. The lowest BCUT2D eigenvalue weighted by atomic mass is 10.4. The van der Waals surface area contributed by atoms with E-state index in [-0.39, 0.29) is 0 Å². The van der Waals surface area contributed by atoms with E-state index in [0.717, 1.165) is 9.79 Å². The highest BCUT2D eigenvalue weighted by molar-refractivity contribution is 8.41. The maximum absolute atomic E-state index is 9.45. The first kappa shape index (κ1) is 11.3. The van der Waals surface area contributed by atoms with Crippen molar-refractivity contribution in [3.05, 3.63) is 60.7 Å². The van der Waals surface area contributed by atoms with Gasteiger partial charge in [-0.2, -0.15) is 10.5 Å². The number of benzene rings is 2. The molecule has 0 unspecified atom stereocenters. The first-order valence-electron chi connectivity index (χ1n) is 5.09. The third-order valence-electron chi connectivity index (χ3n) is 2.47. The van der Waals surface area contributed by atoms with Gasteiger partial charge in [0.25, 0.3) is 0 Å². The van der Waals surface area contributed by atoms with Gasteiger partial charge in [0.15, 0.2) is 0 Å². The molecule has 0 fully saturated rings. The van der Waals surface area contributed by atoms with Crippen LogP contribution in [0.2, 0.25) is 0 Å². The van der Waals surface area contributed by atoms with Crippen molar-refractivity contribution in [2.75, 3.05) is 0 Å². The number of nitriles is 2. The molecule has 0 heterocycles. The Morgan fingerprint density at radius 2 is 1.00 bits per heavy atom. The minimum absolute atomic E-state index is 0.788. The smallest absolute Gasteiger partial charge is 0.135 e. The summed E-state index contributed by atoms with van der Waals surface area (Å²) in [5.74, 6) is 0. The average Bonchev–Trinajstić information content (AvgIpc) is 2.43. The van der Waals surface area contributed by atoms with E-state index in [1.165, 1.54) is 0 Å². The molecule has 0 aliphatic rings. The lowest BCUT2D eigenvalue weighted by molar-refractivity contribution is 1.37. The van der Waals surface area contributed by atoms with Crippen LogP contribution in [-0.4, -0.2) is 0 Å². The minimum atomic E-state index is -2.22. The van der Waals surface area contributed by atoms with Gasteiger partial charge in [-0.1, -0.05) is 36.4 Å². The zero-order valence-electron chi connectivity index (χ0n) is 9.08. The molecule has 0 saturated heterocycles. The number of rotatable bonds is 2. The van der Waals surface area contributed by atoms with Gasteiger partial charge in [0.1, 0.15) is 10.8 Å². The van der Waals surface area contributed by atoms with Gasteiger partial charge < -0.3 is 0 Å². The first-order valence-corrected chi connectivity index (χ1v) is 6.72. The lowest BCUT2D eigenvalue weighted by Gasteiger charge is -2.24. The maximum Gasteiger partial charge on any atom is 0.135 e. The van der Waals surface area contributed by atoms with E-state index in [1.54, 1.807) is 0 Å². The van der Waals surface area contributed by atoms with E-state index in [2.05, 4.69) is 10.8 Å². The Bertz CT molecular complexity index is 524. The molecular weight excluding hydrogens is 228 g/mol. The van der Waals surface area contributed by atoms with E-state index >= 15 is 0 Å². The molecule has 0 radical (unpaired) electrons. The minimum Gasteiger partial charge on any atom is -0.185 e. The second-order valence-corrected chi connectivity index (χ2v) is 5.95. The third-order valence-corrected chi connectivity index (χ3v) is 4.97. The summed E-state index contributed by atoms with van der Waals surface area (Å²) in [6.45, 7) is 0. The van der Waals surface area contributed by atoms with Gasteiger partial charge >= 0.3 is 0 Å². The molecule has 0 spiro atoms. The van der Waals surface area contributed by atoms with Gasteiger partial charge in [0, 0.05) is 9.79 Å². The van der Waals surface area contributed by atoms with E-state index in [1.807, 2.05) is 60.7 Å². The zero-order chi connectivity index (χ0) is 12.1. The molecule has 2 rings (SSSR count). The van der Waals surface area contributed by atoms with Crippen molar-refractivity contribution in [1.29, 1.82) is 10.5 Å². The van der Waals surface area contributed by atoms with Crippen molar-refractivity contribution < 1.29 is 0 Å². The van der Waals surface area contributed by atoms with E-state index < -0.39 is 10.0 Å². The van der Waals surface area contributed by atoms with Crippen LogP contribution in [0.4, 0.5) is 0 Å². The standard InChI is InChI=1S/C14H10N2S/c15-11-17(12-16,13-7-3-1-4-8-13)14-9-5-2-6-10-14/h1-10H. The molecule has 2 nitrogen and oxygen atoms in total. The quantitative estimate of drug-likeness (QED) is 0.745. The van der Waals surface area contributed by atoms with Gasteiger partial charge in [-0.25, -0.2) is 0 Å². The number of thiocyanates is 2. The fraction of sp³-hybridized carbons (Fsp3) is 0. The van der Waals surface area contributed by atoms with E-state index in [0.29, 0.717) is 0 Å². The summed E-state index contributed by atoms with van der Waals surface area (Å²) in [4.78, 5) is 1.58. The highest BCUT2D eigenvalue weighted by Crippen LogP contribution is 2.60. The van der Waals surface area contributed by atoms with Gasteiger partial charge in [0.2, 0.25) is 0 Å². The van der Waals surface area contributed by atoms with Gasteiger partial charge in [-0.15, -0.1) is 0 Å². The molecule has 17 heavy (non-hydrogen) atoms. The maximum atomic E-state index is 9.45. The van der Waals surface area contributed by atoms with Crippen LogP contribution in [0, 0.1) is 21.3 Å². The fourth-order valence-corrected chi connectivity index (χ4v) is 3.48. The van der Waals surface area contributed by atoms with Crippen LogP contribution in [0.15, 0.2) is 70.5 Å². The normalized spacial score (nSPS) is 11.2. The van der Waals surface area contributed by atoms with Crippen molar-refractivity contribution in [3.63, 3.8) is 0 Å². The van der Waals surface area contributed by atoms with Crippen molar-refractivity contribution in [2.45, 2.75) is 9.79 Å². The van der Waals surface area contributed by atoms with Crippen LogP contribution in [0.3, 0.4) is 0 Å². The third kappa shape index (κ3) is 1.89. The molecule has 0 N–H and O–H groups in total. The second kappa shape index (κ2) is 4.74. The van der Waals surface area contributed by atoms with Crippen LogP contribution >= 0.6 is 10.0 Å². The van der Waals surface area contributed by atoms with Crippen molar-refractivity contribution in [1.82, 2.24) is 0 Å². The Kier molecular flexibility index (Phi) is 3.14. The molecule has 3 heteroatoms. The van der Waals surface area contributed by atoms with Gasteiger partial charge in [-0.3, -0.25) is 0 Å². The summed E-state index contributed by atoms with van der Waals surface area (Å²) < 4.78 is 0. The first-order chi connectivity index (χ1) is 8.33. The summed E-state index contributed by atoms with van der Waals surface area (Å²) in [6.07, 6.45) is 0. The molecular formula is C14H10N2S. The average molecular weight is 238 g/mol. The number of nitrogens with zero attached hydrogens (tertiary/aromatic N) is 2. The van der Waals surface area contributed by atoms with Crippen LogP contribution in [0.25, 0.3) is 0 Å². The highest BCUT2D eigenvalue weighted by atomic mass is 32.3. The van der Waals surface area contributed by atoms with Crippen molar-refractivity contribution >= 4 is 10.0 Å². The van der Waals surface area contributed by atoms with Crippen LogP contribution in [0.5, 0.6) is 0 Å². The van der Waals surface area contributed by atoms with Crippen molar-refractivity contribution in [3.8, 4) is 10.8 Å². The Balaban J connectivity index is 2.65. The summed E-state index contributed by atoms with van der Waals surface area (Å²) in [7, 11) is -2.22. The largest absolute Gasteiger partial charge is 0.185 e. The number of hydrogen-bond acceptors (Lipinski definition) is 2. The summed E-state index contributed by atoms with van der Waals surface area (Å²) in [6, 6.07) is 18.6. The summed E-state index contributed by atoms with van der Waals surface area (Å²) >= 11 is 0. The molecule has 0 aliphatic carbocycles. The zero-order valence-corrected chi connectivity index (χ0v) is 9.89. The summed E-state index contributed by atoms with van der Waals surface area (Å²) in [5.41, 5.74) is 0. The molecule has 0 bridgehead atoms. The van der Waals surface area contributed by atoms with Crippen LogP contribution < -0.4 is 0 Å². The molecule has 82 valence electrons. The van der Waals surface area contributed by atoms with Crippen molar-refractivity contribution in [2.24, 2.45) is 0 Å². The Morgan fingerprint density at radius 1 is 0.647 bits per heavy atom. The summed E-state index contributed by atoms with van der Waals surface area (Å²) in [5, 5.41) is 23.3. The Labute approximate surface area is 102 Å². The molecule has 0 saturated carbocycles. The number of hydrogen-bond donors (Lipinski definition) is 0. The van der Waals surface area contributed by atoms with Gasteiger partial charge in [0.05, 0.1) is 0 Å². The van der Waals surface area contributed by atoms with E-state index in [4.69, 9.17) is 0 Å². The monoisotopic (exact) mass is 238 g/mol. The van der Waals surface area contributed by atoms with E-state index in [9.17, 15) is 10.5 Å². The molecule has 2 aromatic rings. The van der Waals surface area contributed by atoms with Crippen LogP contribution in [-0.2, 0) is 0 Å².